The van der Waals surface area contributed by atoms with Crippen LogP contribution in [-0.4, -0.2) is 56.2 Å². The Labute approximate surface area is 187 Å². The highest BCUT2D eigenvalue weighted by Gasteiger charge is 2.36. The summed E-state index contributed by atoms with van der Waals surface area (Å²) in [5, 5.41) is 0. The van der Waals surface area contributed by atoms with Crippen LogP contribution in [0, 0.1) is 0 Å². The molecule has 0 bridgehead atoms. The molecule has 0 aromatic heterocycles. The zero-order valence-corrected chi connectivity index (χ0v) is 18.9. The van der Waals surface area contributed by atoms with Crippen molar-refractivity contribution in [2.75, 3.05) is 46.4 Å². The molecule has 0 N–H and O–H groups in total. The second-order valence-electron chi connectivity index (χ2n) is 9.38. The molecule has 3 aliphatic heterocycles. The summed E-state index contributed by atoms with van der Waals surface area (Å²) in [6, 6.07) is 16.0. The molecule has 0 radical (unpaired) electrons. The minimum Gasteiger partial charge on any atom is -0.497 e. The van der Waals surface area contributed by atoms with E-state index in [1.807, 2.05) is 6.07 Å². The number of fused-ring (bicyclic) bond motifs is 3. The maximum absolute atomic E-state index is 6.22. The van der Waals surface area contributed by atoms with Crippen LogP contribution >= 0.6 is 0 Å². The van der Waals surface area contributed by atoms with Gasteiger partial charge in [0, 0.05) is 25.0 Å². The number of benzene rings is 2. The van der Waals surface area contributed by atoms with Crippen molar-refractivity contribution in [1.82, 2.24) is 9.80 Å². The number of hydrogen-bond donors (Lipinski definition) is 0. The predicted molar refractivity (Wildman–Crippen MR) is 125 cm³/mol. The molecular weight excluding hydrogens is 384 g/mol. The number of nitrogens with zero attached hydrogens (tertiary/aromatic N) is 2. The van der Waals surface area contributed by atoms with E-state index in [0.29, 0.717) is 12.0 Å². The highest BCUT2D eigenvalue weighted by atomic mass is 16.5. The van der Waals surface area contributed by atoms with Gasteiger partial charge in [-0.05, 0) is 92.7 Å². The maximum atomic E-state index is 6.22. The van der Waals surface area contributed by atoms with Crippen molar-refractivity contribution in [3.63, 3.8) is 0 Å². The van der Waals surface area contributed by atoms with Crippen LogP contribution in [0.1, 0.15) is 67.2 Å². The van der Waals surface area contributed by atoms with Crippen LogP contribution in [0.15, 0.2) is 42.5 Å². The van der Waals surface area contributed by atoms with Crippen LogP contribution in [0.3, 0.4) is 0 Å². The lowest BCUT2D eigenvalue weighted by Crippen LogP contribution is -2.34. The Morgan fingerprint density at radius 3 is 2.68 bits per heavy atom. The summed E-state index contributed by atoms with van der Waals surface area (Å²) < 4.78 is 11.7. The minimum atomic E-state index is 0.396. The lowest BCUT2D eigenvalue weighted by molar-refractivity contribution is 0.204. The minimum absolute atomic E-state index is 0.396. The molecule has 2 aromatic rings. The van der Waals surface area contributed by atoms with E-state index in [0.717, 1.165) is 31.1 Å². The topological polar surface area (TPSA) is 24.9 Å². The molecule has 0 amide bonds. The summed E-state index contributed by atoms with van der Waals surface area (Å²) in [5.41, 5.74) is 4.29. The van der Waals surface area contributed by atoms with Gasteiger partial charge in [-0.1, -0.05) is 24.6 Å². The Kier molecular flexibility index (Phi) is 6.47. The predicted octanol–water partition coefficient (Wildman–Crippen LogP) is 5.23. The van der Waals surface area contributed by atoms with E-state index in [-0.39, 0.29) is 0 Å². The van der Waals surface area contributed by atoms with Gasteiger partial charge >= 0.3 is 0 Å². The Bertz CT molecular complexity index is 877. The third-order valence-corrected chi connectivity index (χ3v) is 7.41. The van der Waals surface area contributed by atoms with Crippen LogP contribution in [0.2, 0.25) is 0 Å². The van der Waals surface area contributed by atoms with Crippen LogP contribution in [-0.2, 0) is 0 Å². The van der Waals surface area contributed by atoms with Gasteiger partial charge in [0.15, 0.2) is 0 Å². The molecule has 31 heavy (non-hydrogen) atoms. The molecule has 2 fully saturated rings. The van der Waals surface area contributed by atoms with Gasteiger partial charge < -0.3 is 14.4 Å². The highest BCUT2D eigenvalue weighted by molar-refractivity contribution is 5.47. The van der Waals surface area contributed by atoms with Crippen molar-refractivity contribution >= 4 is 0 Å². The summed E-state index contributed by atoms with van der Waals surface area (Å²) in [6.07, 6.45) is 7.78. The van der Waals surface area contributed by atoms with E-state index < -0.39 is 0 Å². The van der Waals surface area contributed by atoms with Gasteiger partial charge in [0.2, 0.25) is 0 Å². The standard InChI is InChI=1S/C27H36N2O2/c1-30-22-9-5-8-21(18-22)26-20-29-16-6-10-27(29)25-19-23(11-12-24(25)26)31-17-7-15-28-13-3-2-4-14-28/h5,8-9,11-12,18-19,26-27H,2-4,6-7,10,13-17,20H2,1H3/t26-,27+/m1/s1. The fourth-order valence-corrected chi connectivity index (χ4v) is 5.78. The van der Waals surface area contributed by atoms with Crippen molar-refractivity contribution in [3.8, 4) is 11.5 Å². The third kappa shape index (κ3) is 4.61. The van der Waals surface area contributed by atoms with Gasteiger partial charge in [0.05, 0.1) is 13.7 Å². The lowest BCUT2D eigenvalue weighted by atomic mass is 9.81. The average Bonchev–Trinajstić information content (AvgIpc) is 3.31. The Morgan fingerprint density at radius 2 is 1.81 bits per heavy atom. The number of likely N-dealkylation sites (tertiary alicyclic amines) is 1. The number of piperidine rings is 1. The largest absolute Gasteiger partial charge is 0.497 e. The van der Waals surface area contributed by atoms with Crippen molar-refractivity contribution in [1.29, 1.82) is 0 Å². The molecule has 166 valence electrons. The zero-order valence-electron chi connectivity index (χ0n) is 18.9. The molecule has 2 aromatic carbocycles. The van der Waals surface area contributed by atoms with Crippen LogP contribution in [0.5, 0.6) is 11.5 Å². The van der Waals surface area contributed by atoms with Crippen molar-refractivity contribution in [3.05, 3.63) is 59.2 Å². The molecule has 0 saturated carbocycles. The first-order chi connectivity index (χ1) is 15.3. The first-order valence-electron chi connectivity index (χ1n) is 12.2. The summed E-state index contributed by atoms with van der Waals surface area (Å²) in [6.45, 7) is 6.80. The second-order valence-corrected chi connectivity index (χ2v) is 9.38. The Hall–Kier alpha value is -2.04. The smallest absolute Gasteiger partial charge is 0.119 e. The summed E-state index contributed by atoms with van der Waals surface area (Å²) in [5.74, 6) is 2.37. The monoisotopic (exact) mass is 420 g/mol. The van der Waals surface area contributed by atoms with E-state index in [2.05, 4.69) is 46.2 Å². The van der Waals surface area contributed by atoms with Gasteiger partial charge in [-0.2, -0.15) is 0 Å². The molecule has 2 saturated heterocycles. The second kappa shape index (κ2) is 9.62. The van der Waals surface area contributed by atoms with Crippen molar-refractivity contribution in [2.45, 2.75) is 50.5 Å². The Morgan fingerprint density at radius 1 is 0.903 bits per heavy atom. The molecule has 0 aliphatic carbocycles. The molecule has 4 heteroatoms. The van der Waals surface area contributed by atoms with E-state index in [4.69, 9.17) is 9.47 Å². The SMILES string of the molecule is COc1cccc([C@H]2CN3CCC[C@H]3c3cc(OCCCN4CCCCC4)ccc32)c1. The Balaban J connectivity index is 1.31. The van der Waals surface area contributed by atoms with Gasteiger partial charge in [0.25, 0.3) is 0 Å². The third-order valence-electron chi connectivity index (χ3n) is 7.41. The van der Waals surface area contributed by atoms with E-state index in [1.165, 1.54) is 75.0 Å². The fraction of sp³-hybridized carbons (Fsp3) is 0.556. The number of hydrogen-bond acceptors (Lipinski definition) is 4. The van der Waals surface area contributed by atoms with E-state index >= 15 is 0 Å². The lowest BCUT2D eigenvalue weighted by Gasteiger charge is -2.37. The molecule has 3 heterocycles. The van der Waals surface area contributed by atoms with E-state index in [9.17, 15) is 0 Å². The van der Waals surface area contributed by atoms with Crippen LogP contribution in [0.4, 0.5) is 0 Å². The van der Waals surface area contributed by atoms with Gasteiger partial charge in [-0.25, -0.2) is 0 Å². The summed E-state index contributed by atoms with van der Waals surface area (Å²) in [4.78, 5) is 5.27. The normalized spacial score (nSPS) is 23.9. The molecule has 0 spiro atoms. The summed E-state index contributed by atoms with van der Waals surface area (Å²) >= 11 is 0. The summed E-state index contributed by atoms with van der Waals surface area (Å²) in [7, 11) is 1.75. The number of methoxy groups -OCH3 is 1. The molecule has 0 unspecified atom stereocenters. The van der Waals surface area contributed by atoms with E-state index in [1.54, 1.807) is 7.11 Å². The van der Waals surface area contributed by atoms with Gasteiger partial charge in [-0.15, -0.1) is 0 Å². The van der Waals surface area contributed by atoms with Crippen LogP contribution in [0.25, 0.3) is 0 Å². The first-order valence-corrected chi connectivity index (χ1v) is 12.2. The maximum Gasteiger partial charge on any atom is 0.119 e. The number of rotatable bonds is 7. The molecule has 2 atom stereocenters. The number of ether oxygens (including phenoxy) is 2. The quantitative estimate of drug-likeness (QED) is 0.573. The van der Waals surface area contributed by atoms with Gasteiger partial charge in [-0.3, -0.25) is 4.90 Å². The first kappa shape index (κ1) is 20.8. The van der Waals surface area contributed by atoms with Gasteiger partial charge in [0.1, 0.15) is 11.5 Å². The molecule has 3 aliphatic rings. The fourth-order valence-electron chi connectivity index (χ4n) is 5.78. The zero-order chi connectivity index (χ0) is 21.0. The molecular formula is C27H36N2O2. The highest BCUT2D eigenvalue weighted by Crippen LogP contribution is 2.45. The average molecular weight is 421 g/mol. The molecule has 5 rings (SSSR count). The molecule has 4 nitrogen and oxygen atoms in total. The van der Waals surface area contributed by atoms with Crippen molar-refractivity contribution < 1.29 is 9.47 Å². The van der Waals surface area contributed by atoms with Crippen molar-refractivity contribution in [2.24, 2.45) is 0 Å². The van der Waals surface area contributed by atoms with Crippen LogP contribution < -0.4 is 9.47 Å².